The zero-order chi connectivity index (χ0) is 37.1. The highest BCUT2D eigenvalue weighted by Gasteiger charge is 2.52. The molecule has 9 aromatic carbocycles. The van der Waals surface area contributed by atoms with Crippen LogP contribution in [-0.4, -0.2) is 0 Å². The first kappa shape index (κ1) is 32.2. The molecular formula is C55H37N. The maximum absolute atomic E-state index is 2.38. The normalized spacial score (nSPS) is 12.8. The van der Waals surface area contributed by atoms with Crippen LogP contribution in [0.5, 0.6) is 0 Å². The van der Waals surface area contributed by atoms with Crippen molar-refractivity contribution in [2.24, 2.45) is 0 Å². The number of nitrogens with zero attached hydrogens (tertiary/aromatic N) is 1. The van der Waals surface area contributed by atoms with Gasteiger partial charge in [0.2, 0.25) is 0 Å². The fraction of sp³-hybridized carbons (Fsp3) is 0.0182. The summed E-state index contributed by atoms with van der Waals surface area (Å²) >= 11 is 0. The second kappa shape index (κ2) is 13.0. The Morgan fingerprint density at radius 3 is 1.21 bits per heavy atom. The molecule has 56 heavy (non-hydrogen) atoms. The van der Waals surface area contributed by atoms with E-state index in [-0.39, 0.29) is 0 Å². The summed E-state index contributed by atoms with van der Waals surface area (Å²) in [6.07, 6.45) is 0. The Morgan fingerprint density at radius 1 is 0.250 bits per heavy atom. The van der Waals surface area contributed by atoms with E-state index < -0.39 is 5.41 Å². The molecule has 0 unspecified atom stereocenters. The maximum Gasteiger partial charge on any atom is 0.0731 e. The third-order valence-electron chi connectivity index (χ3n) is 11.9. The van der Waals surface area contributed by atoms with Crippen LogP contribution in [-0.2, 0) is 5.41 Å². The van der Waals surface area contributed by atoms with Gasteiger partial charge in [0, 0.05) is 17.1 Å². The Hall–Kier alpha value is -7.22. The van der Waals surface area contributed by atoms with Gasteiger partial charge in [0.25, 0.3) is 0 Å². The lowest BCUT2D eigenvalue weighted by Crippen LogP contribution is -2.26. The van der Waals surface area contributed by atoms with Gasteiger partial charge in [-0.1, -0.05) is 188 Å². The lowest BCUT2D eigenvalue weighted by molar-refractivity contribution is 0.796. The maximum atomic E-state index is 2.38. The Kier molecular flexibility index (Phi) is 7.47. The van der Waals surface area contributed by atoms with Crippen LogP contribution in [0, 0.1) is 0 Å². The van der Waals surface area contributed by atoms with Crippen molar-refractivity contribution < 1.29 is 0 Å². The van der Waals surface area contributed by atoms with E-state index in [1.165, 1.54) is 77.9 Å². The van der Waals surface area contributed by atoms with Gasteiger partial charge < -0.3 is 4.90 Å². The molecule has 1 nitrogen and oxygen atoms in total. The summed E-state index contributed by atoms with van der Waals surface area (Å²) < 4.78 is 0. The van der Waals surface area contributed by atoms with Crippen LogP contribution >= 0.6 is 0 Å². The minimum atomic E-state index is -0.404. The van der Waals surface area contributed by atoms with Gasteiger partial charge in [0.15, 0.2) is 0 Å². The van der Waals surface area contributed by atoms with Gasteiger partial charge in [0.05, 0.1) is 5.41 Å². The van der Waals surface area contributed by atoms with Gasteiger partial charge in [-0.15, -0.1) is 0 Å². The highest BCUT2D eigenvalue weighted by Crippen LogP contribution is 2.64. The van der Waals surface area contributed by atoms with Gasteiger partial charge in [-0.25, -0.2) is 0 Å². The molecule has 0 saturated heterocycles. The second-order valence-corrected chi connectivity index (χ2v) is 14.8. The molecule has 0 N–H and O–H groups in total. The zero-order valence-corrected chi connectivity index (χ0v) is 30.8. The molecule has 0 aromatic heterocycles. The van der Waals surface area contributed by atoms with Crippen molar-refractivity contribution in [1.82, 2.24) is 0 Å². The SMILES string of the molecule is c1ccc(-c2ccc(N(c3ccc(-c4cccc5c4C4(c6ccccc6-c6ccccc64)c4ccccc4-5)cc3)c3cccc(-c4ccccc4)c3)cc2)cc1. The smallest absolute Gasteiger partial charge is 0.0731 e. The van der Waals surface area contributed by atoms with Gasteiger partial charge >= 0.3 is 0 Å². The van der Waals surface area contributed by atoms with E-state index in [2.05, 4.69) is 229 Å². The molecule has 0 bridgehead atoms. The van der Waals surface area contributed by atoms with Crippen molar-refractivity contribution in [3.8, 4) is 55.6 Å². The summed E-state index contributed by atoms with van der Waals surface area (Å²) in [5.74, 6) is 0. The minimum absolute atomic E-state index is 0.404. The van der Waals surface area contributed by atoms with Crippen LogP contribution in [0.3, 0.4) is 0 Å². The molecule has 0 fully saturated rings. The molecule has 1 heteroatoms. The van der Waals surface area contributed by atoms with Gasteiger partial charge in [-0.05, 0) is 114 Å². The van der Waals surface area contributed by atoms with Crippen molar-refractivity contribution in [2.75, 3.05) is 4.90 Å². The van der Waals surface area contributed by atoms with E-state index in [1.54, 1.807) is 0 Å². The topological polar surface area (TPSA) is 3.24 Å². The van der Waals surface area contributed by atoms with Crippen LogP contribution in [0.1, 0.15) is 22.3 Å². The van der Waals surface area contributed by atoms with E-state index in [9.17, 15) is 0 Å². The van der Waals surface area contributed by atoms with E-state index in [0.717, 1.165) is 17.1 Å². The summed E-state index contributed by atoms with van der Waals surface area (Å²) in [7, 11) is 0. The molecule has 0 heterocycles. The molecule has 11 rings (SSSR count). The lowest BCUT2D eigenvalue weighted by Gasteiger charge is -2.32. The summed E-state index contributed by atoms with van der Waals surface area (Å²) in [6.45, 7) is 0. The van der Waals surface area contributed by atoms with Crippen molar-refractivity contribution in [3.05, 3.63) is 247 Å². The number of anilines is 3. The molecule has 0 saturated carbocycles. The minimum Gasteiger partial charge on any atom is -0.310 e. The van der Waals surface area contributed by atoms with Crippen molar-refractivity contribution in [1.29, 1.82) is 0 Å². The zero-order valence-electron chi connectivity index (χ0n) is 30.8. The third kappa shape index (κ3) is 4.88. The number of hydrogen-bond donors (Lipinski definition) is 0. The molecule has 262 valence electrons. The first-order valence-electron chi connectivity index (χ1n) is 19.4. The fourth-order valence-corrected chi connectivity index (χ4v) is 9.52. The van der Waals surface area contributed by atoms with Crippen LogP contribution in [0.25, 0.3) is 55.6 Å². The molecule has 2 aliphatic rings. The number of hydrogen-bond acceptors (Lipinski definition) is 1. The summed E-state index contributed by atoms with van der Waals surface area (Å²) in [6, 6.07) is 82.3. The predicted octanol–water partition coefficient (Wildman–Crippen LogP) is 14.5. The second-order valence-electron chi connectivity index (χ2n) is 14.8. The lowest BCUT2D eigenvalue weighted by atomic mass is 9.68. The van der Waals surface area contributed by atoms with Crippen LogP contribution < -0.4 is 4.90 Å². The summed E-state index contributed by atoms with van der Waals surface area (Å²) in [5, 5.41) is 0. The van der Waals surface area contributed by atoms with Gasteiger partial charge in [-0.2, -0.15) is 0 Å². The third-order valence-corrected chi connectivity index (χ3v) is 11.9. The Labute approximate surface area is 328 Å². The average Bonchev–Trinajstić information content (AvgIpc) is 3.75. The molecule has 2 aliphatic carbocycles. The van der Waals surface area contributed by atoms with Crippen LogP contribution in [0.4, 0.5) is 17.1 Å². The highest BCUT2D eigenvalue weighted by atomic mass is 15.1. The predicted molar refractivity (Wildman–Crippen MR) is 234 cm³/mol. The number of fused-ring (bicyclic) bond motifs is 10. The average molecular weight is 712 g/mol. The quantitative estimate of drug-likeness (QED) is 0.166. The summed E-state index contributed by atoms with van der Waals surface area (Å²) in [5.41, 5.74) is 20.9. The Morgan fingerprint density at radius 2 is 0.643 bits per heavy atom. The Balaban J connectivity index is 1.07. The standard InChI is InChI=1S/C55H37N/c1-3-15-38(16-4-1)40-29-33-43(34-30-40)56(45-20-13-19-42(37-45)39-17-5-2-6-18-39)44-35-31-41(32-36-44)46-24-14-25-50-49-23-9-12-28-53(49)55(54(46)50)51-26-10-7-21-47(51)48-22-8-11-27-52(48)55/h1-37H. The van der Waals surface area contributed by atoms with Gasteiger partial charge in [0.1, 0.15) is 0 Å². The highest BCUT2D eigenvalue weighted by molar-refractivity contribution is 5.98. The first-order valence-corrected chi connectivity index (χ1v) is 19.4. The van der Waals surface area contributed by atoms with E-state index in [1.807, 2.05) is 0 Å². The Bertz CT molecular complexity index is 2820. The number of rotatable bonds is 6. The molecule has 9 aromatic rings. The molecule has 0 atom stereocenters. The largest absolute Gasteiger partial charge is 0.310 e. The van der Waals surface area contributed by atoms with E-state index >= 15 is 0 Å². The first-order chi connectivity index (χ1) is 27.8. The van der Waals surface area contributed by atoms with Gasteiger partial charge in [-0.3, -0.25) is 0 Å². The van der Waals surface area contributed by atoms with Crippen molar-refractivity contribution in [2.45, 2.75) is 5.41 Å². The monoisotopic (exact) mass is 711 g/mol. The fourth-order valence-electron chi connectivity index (χ4n) is 9.52. The van der Waals surface area contributed by atoms with E-state index in [0.29, 0.717) is 0 Å². The van der Waals surface area contributed by atoms with Crippen LogP contribution in [0.2, 0.25) is 0 Å². The summed E-state index contributed by atoms with van der Waals surface area (Å²) in [4.78, 5) is 2.38. The molecule has 0 radical (unpaired) electrons. The molecular weight excluding hydrogens is 675 g/mol. The molecule has 1 spiro atoms. The molecule has 0 aliphatic heterocycles. The van der Waals surface area contributed by atoms with Crippen molar-refractivity contribution in [3.63, 3.8) is 0 Å². The number of benzene rings is 9. The van der Waals surface area contributed by atoms with Crippen molar-refractivity contribution >= 4 is 17.1 Å². The molecule has 0 amide bonds. The van der Waals surface area contributed by atoms with Crippen LogP contribution in [0.15, 0.2) is 224 Å². The van der Waals surface area contributed by atoms with E-state index in [4.69, 9.17) is 0 Å².